The van der Waals surface area contributed by atoms with Gasteiger partial charge in [-0.25, -0.2) is 0 Å². The first-order valence-electron chi connectivity index (χ1n) is 5.35. The Morgan fingerprint density at radius 3 is 2.71 bits per heavy atom. The highest BCUT2D eigenvalue weighted by Crippen LogP contribution is 2.20. The molecule has 0 aromatic carbocycles. The van der Waals surface area contributed by atoms with Crippen molar-refractivity contribution in [3.8, 4) is 0 Å². The summed E-state index contributed by atoms with van der Waals surface area (Å²) < 4.78 is 0. The lowest BCUT2D eigenvalue weighted by Gasteiger charge is -2.33. The Hall–Kier alpha value is -0.610. The molecule has 0 aliphatic heterocycles. The summed E-state index contributed by atoms with van der Waals surface area (Å²) >= 11 is 0. The van der Waals surface area contributed by atoms with E-state index in [1.165, 1.54) is 0 Å². The number of rotatable bonds is 5. The average molecular weight is 200 g/mol. The first kappa shape index (κ1) is 11.5. The molecule has 0 aromatic heterocycles. The smallest absolute Gasteiger partial charge is 0.224 e. The quantitative estimate of drug-likeness (QED) is 0.585. The van der Waals surface area contributed by atoms with E-state index in [1.807, 2.05) is 6.92 Å². The van der Waals surface area contributed by atoms with Gasteiger partial charge in [0.1, 0.15) is 0 Å². The van der Waals surface area contributed by atoms with Crippen LogP contribution in [0.2, 0.25) is 0 Å². The van der Waals surface area contributed by atoms with Crippen LogP contribution in [0.25, 0.3) is 0 Å². The number of amides is 1. The molecular weight excluding hydrogens is 180 g/mol. The Labute approximate surface area is 84.9 Å². The third kappa shape index (κ3) is 2.96. The van der Waals surface area contributed by atoms with E-state index in [0.717, 1.165) is 12.8 Å². The molecule has 0 radical (unpaired) electrons. The lowest BCUT2D eigenvalue weighted by molar-refractivity contribution is -0.127. The van der Waals surface area contributed by atoms with Gasteiger partial charge in [0.25, 0.3) is 0 Å². The molecule has 1 atom stereocenters. The minimum atomic E-state index is -0.220. The number of nitrogens with one attached hydrogen (secondary N) is 1. The van der Waals surface area contributed by atoms with Crippen LogP contribution in [-0.4, -0.2) is 29.7 Å². The van der Waals surface area contributed by atoms with Gasteiger partial charge < -0.3 is 16.2 Å². The van der Waals surface area contributed by atoms with Gasteiger partial charge in [-0.1, -0.05) is 13.3 Å². The van der Waals surface area contributed by atoms with Crippen LogP contribution in [0.3, 0.4) is 0 Å². The van der Waals surface area contributed by atoms with E-state index in [1.54, 1.807) is 0 Å². The second-order valence-corrected chi connectivity index (χ2v) is 4.05. The van der Waals surface area contributed by atoms with Crippen molar-refractivity contribution in [3.63, 3.8) is 0 Å². The number of carbonyl (C=O) groups is 1. The van der Waals surface area contributed by atoms with Gasteiger partial charge >= 0.3 is 0 Å². The van der Waals surface area contributed by atoms with Crippen molar-refractivity contribution in [1.29, 1.82) is 0 Å². The molecule has 1 fully saturated rings. The van der Waals surface area contributed by atoms with Crippen molar-refractivity contribution >= 4 is 5.91 Å². The zero-order valence-electron chi connectivity index (χ0n) is 8.70. The summed E-state index contributed by atoms with van der Waals surface area (Å²) in [5.41, 5.74) is 5.51. The summed E-state index contributed by atoms with van der Waals surface area (Å²) in [5, 5.41) is 12.0. The van der Waals surface area contributed by atoms with Gasteiger partial charge in [0.05, 0.1) is 12.0 Å². The Kier molecular flexibility index (Phi) is 4.35. The van der Waals surface area contributed by atoms with E-state index in [2.05, 4.69) is 5.32 Å². The van der Waals surface area contributed by atoms with Crippen LogP contribution in [0.5, 0.6) is 0 Å². The van der Waals surface area contributed by atoms with E-state index in [4.69, 9.17) is 10.8 Å². The standard InChI is InChI=1S/C10H20N2O2/c1-2-3-7(6-11)10(14)12-8-4-9(13)5-8/h7-9,13H,2-6,11H2,1H3,(H,12,14). The van der Waals surface area contributed by atoms with Crippen LogP contribution in [0.4, 0.5) is 0 Å². The van der Waals surface area contributed by atoms with Gasteiger partial charge in [-0.2, -0.15) is 0 Å². The van der Waals surface area contributed by atoms with E-state index >= 15 is 0 Å². The van der Waals surface area contributed by atoms with E-state index < -0.39 is 0 Å². The van der Waals surface area contributed by atoms with Crippen LogP contribution in [0.1, 0.15) is 32.6 Å². The SMILES string of the molecule is CCCC(CN)C(=O)NC1CC(O)C1. The molecule has 1 aliphatic rings. The molecule has 1 amide bonds. The number of hydrogen-bond acceptors (Lipinski definition) is 3. The summed E-state index contributed by atoms with van der Waals surface area (Å²) in [6.07, 6.45) is 2.98. The molecule has 0 bridgehead atoms. The van der Waals surface area contributed by atoms with Gasteiger partial charge in [0.2, 0.25) is 5.91 Å². The van der Waals surface area contributed by atoms with E-state index in [9.17, 15) is 4.79 Å². The van der Waals surface area contributed by atoms with E-state index in [-0.39, 0.29) is 24.0 Å². The second kappa shape index (κ2) is 5.32. The zero-order valence-corrected chi connectivity index (χ0v) is 8.70. The summed E-state index contributed by atoms with van der Waals surface area (Å²) in [7, 11) is 0. The number of hydrogen-bond donors (Lipinski definition) is 3. The predicted octanol–water partition coefficient (Wildman–Crippen LogP) is 0.000900. The second-order valence-electron chi connectivity index (χ2n) is 4.05. The summed E-state index contributed by atoms with van der Waals surface area (Å²) in [6.45, 7) is 2.46. The molecule has 0 saturated heterocycles. The van der Waals surface area contributed by atoms with Gasteiger partial charge in [-0.3, -0.25) is 4.79 Å². The first-order chi connectivity index (χ1) is 6.67. The lowest BCUT2D eigenvalue weighted by atomic mass is 9.89. The van der Waals surface area contributed by atoms with Gasteiger partial charge in [0.15, 0.2) is 0 Å². The third-order valence-electron chi connectivity index (χ3n) is 2.75. The van der Waals surface area contributed by atoms with Crippen molar-refractivity contribution in [3.05, 3.63) is 0 Å². The molecule has 82 valence electrons. The monoisotopic (exact) mass is 200 g/mol. The third-order valence-corrected chi connectivity index (χ3v) is 2.75. The number of nitrogens with two attached hydrogens (primary N) is 1. The largest absolute Gasteiger partial charge is 0.393 e. The fraction of sp³-hybridized carbons (Fsp3) is 0.900. The fourth-order valence-electron chi connectivity index (χ4n) is 1.73. The molecule has 0 heterocycles. The van der Waals surface area contributed by atoms with Gasteiger partial charge in [0, 0.05) is 12.6 Å². The maximum Gasteiger partial charge on any atom is 0.224 e. The van der Waals surface area contributed by atoms with Crippen LogP contribution < -0.4 is 11.1 Å². The number of carbonyl (C=O) groups excluding carboxylic acids is 1. The molecule has 1 saturated carbocycles. The minimum absolute atomic E-state index is 0.0475. The molecule has 4 heteroatoms. The van der Waals surface area contributed by atoms with Crippen LogP contribution >= 0.6 is 0 Å². The normalized spacial score (nSPS) is 27.9. The Morgan fingerprint density at radius 1 is 1.64 bits per heavy atom. The van der Waals surface area contributed by atoms with Crippen molar-refractivity contribution in [1.82, 2.24) is 5.32 Å². The Balaban J connectivity index is 2.25. The molecule has 1 unspecified atom stereocenters. The molecule has 1 rings (SSSR count). The Bertz CT molecular complexity index is 191. The fourth-order valence-corrected chi connectivity index (χ4v) is 1.73. The number of aliphatic hydroxyl groups excluding tert-OH is 1. The topological polar surface area (TPSA) is 75.4 Å². The average Bonchev–Trinajstić information content (AvgIpc) is 2.11. The van der Waals surface area contributed by atoms with E-state index in [0.29, 0.717) is 19.4 Å². The molecular formula is C10H20N2O2. The lowest BCUT2D eigenvalue weighted by Crippen LogP contribution is -2.49. The minimum Gasteiger partial charge on any atom is -0.393 e. The highest BCUT2D eigenvalue weighted by molar-refractivity contribution is 5.79. The van der Waals surface area contributed by atoms with Crippen molar-refractivity contribution in [2.24, 2.45) is 11.7 Å². The van der Waals surface area contributed by atoms with Gasteiger partial charge in [-0.05, 0) is 19.3 Å². The van der Waals surface area contributed by atoms with Crippen LogP contribution in [-0.2, 0) is 4.79 Å². The maximum atomic E-state index is 11.6. The highest BCUT2D eigenvalue weighted by Gasteiger charge is 2.29. The zero-order chi connectivity index (χ0) is 10.6. The molecule has 4 nitrogen and oxygen atoms in total. The van der Waals surface area contributed by atoms with Crippen molar-refractivity contribution in [2.75, 3.05) is 6.54 Å². The maximum absolute atomic E-state index is 11.6. The molecule has 0 spiro atoms. The summed E-state index contributed by atoms with van der Waals surface area (Å²) in [5.74, 6) is -0.0102. The molecule has 0 aromatic rings. The Morgan fingerprint density at radius 2 is 2.29 bits per heavy atom. The highest BCUT2D eigenvalue weighted by atomic mass is 16.3. The number of aliphatic hydroxyl groups is 1. The summed E-state index contributed by atoms with van der Waals surface area (Å²) in [6, 6.07) is 0.170. The van der Waals surface area contributed by atoms with Crippen LogP contribution in [0.15, 0.2) is 0 Å². The molecule has 4 N–H and O–H groups in total. The predicted molar refractivity (Wildman–Crippen MR) is 54.6 cm³/mol. The van der Waals surface area contributed by atoms with Crippen LogP contribution in [0, 0.1) is 5.92 Å². The van der Waals surface area contributed by atoms with Gasteiger partial charge in [-0.15, -0.1) is 0 Å². The molecule has 1 aliphatic carbocycles. The molecule has 14 heavy (non-hydrogen) atoms. The summed E-state index contributed by atoms with van der Waals surface area (Å²) in [4.78, 5) is 11.6. The van der Waals surface area contributed by atoms with Crippen molar-refractivity contribution < 1.29 is 9.90 Å². The van der Waals surface area contributed by atoms with Crippen molar-refractivity contribution in [2.45, 2.75) is 44.8 Å². The first-order valence-corrected chi connectivity index (χ1v) is 5.35.